The van der Waals surface area contributed by atoms with Crippen LogP contribution in [0.5, 0.6) is 0 Å². The molecule has 5 rings (SSSR count). The van der Waals surface area contributed by atoms with Crippen LogP contribution < -0.4 is 0 Å². The molecular formula is C19H23N9O2S. The van der Waals surface area contributed by atoms with Gasteiger partial charge in [0, 0.05) is 43.6 Å². The Bertz CT molecular complexity index is 1300. The molecule has 31 heavy (non-hydrogen) atoms. The Morgan fingerprint density at radius 2 is 1.94 bits per heavy atom. The predicted octanol–water partition coefficient (Wildman–Crippen LogP) is 1.66. The van der Waals surface area contributed by atoms with Crippen LogP contribution >= 0.6 is 0 Å². The van der Waals surface area contributed by atoms with E-state index in [4.69, 9.17) is 0 Å². The van der Waals surface area contributed by atoms with Crippen LogP contribution in [0.1, 0.15) is 44.5 Å². The maximum atomic E-state index is 13.0. The van der Waals surface area contributed by atoms with E-state index in [0.29, 0.717) is 37.4 Å². The molecule has 0 aromatic carbocycles. The predicted molar refractivity (Wildman–Crippen MR) is 111 cm³/mol. The molecule has 12 heteroatoms. The van der Waals surface area contributed by atoms with Crippen LogP contribution in [-0.2, 0) is 10.0 Å². The third-order valence-electron chi connectivity index (χ3n) is 5.61. The van der Waals surface area contributed by atoms with E-state index in [0.717, 1.165) is 5.82 Å². The monoisotopic (exact) mass is 441 g/mol. The molecule has 0 amide bonds. The minimum absolute atomic E-state index is 0.0649. The largest absolute Gasteiger partial charge is 0.334 e. The molecule has 4 aromatic heterocycles. The first-order valence-corrected chi connectivity index (χ1v) is 11.6. The van der Waals surface area contributed by atoms with Crippen molar-refractivity contribution in [3.8, 4) is 5.82 Å². The lowest BCUT2D eigenvalue weighted by Gasteiger charge is -2.29. The van der Waals surface area contributed by atoms with E-state index >= 15 is 0 Å². The van der Waals surface area contributed by atoms with E-state index in [2.05, 4.69) is 25.4 Å². The highest BCUT2D eigenvalue weighted by Gasteiger charge is 2.33. The third-order valence-corrected chi connectivity index (χ3v) is 7.39. The van der Waals surface area contributed by atoms with Crippen molar-refractivity contribution in [2.45, 2.75) is 43.7 Å². The SMILES string of the molecule is CC(C)n1cnc(S(=O)(=O)N2CCC(c3nnc4ccc(-n5cccn5)nn34)CC2)c1. The molecule has 0 N–H and O–H groups in total. The molecule has 1 aliphatic heterocycles. The van der Waals surface area contributed by atoms with Gasteiger partial charge in [-0.3, -0.25) is 0 Å². The first-order valence-electron chi connectivity index (χ1n) is 10.2. The number of hydrogen-bond donors (Lipinski definition) is 0. The van der Waals surface area contributed by atoms with Crippen molar-refractivity contribution in [1.82, 2.24) is 43.4 Å². The van der Waals surface area contributed by atoms with E-state index in [9.17, 15) is 8.42 Å². The zero-order valence-electron chi connectivity index (χ0n) is 17.3. The number of fused-ring (bicyclic) bond motifs is 1. The topological polar surface area (TPSA) is 116 Å². The van der Waals surface area contributed by atoms with E-state index in [1.54, 1.807) is 32.5 Å². The molecule has 5 heterocycles. The molecule has 4 aromatic rings. The lowest BCUT2D eigenvalue weighted by atomic mass is 9.97. The van der Waals surface area contributed by atoms with Crippen LogP contribution in [0.15, 0.2) is 48.1 Å². The third kappa shape index (κ3) is 3.51. The Morgan fingerprint density at radius 1 is 1.13 bits per heavy atom. The first kappa shape index (κ1) is 19.8. The number of sulfonamides is 1. The Morgan fingerprint density at radius 3 is 2.61 bits per heavy atom. The lowest BCUT2D eigenvalue weighted by Crippen LogP contribution is -2.38. The molecule has 0 spiro atoms. The normalized spacial score (nSPS) is 16.5. The van der Waals surface area contributed by atoms with Gasteiger partial charge in [-0.2, -0.15) is 13.9 Å². The summed E-state index contributed by atoms with van der Waals surface area (Å²) < 4.78 is 32.7. The second kappa shape index (κ2) is 7.54. The Labute approximate surface area is 179 Å². The molecule has 0 radical (unpaired) electrons. The van der Waals surface area contributed by atoms with E-state index < -0.39 is 10.0 Å². The van der Waals surface area contributed by atoms with Crippen molar-refractivity contribution >= 4 is 15.7 Å². The molecule has 0 unspecified atom stereocenters. The summed E-state index contributed by atoms with van der Waals surface area (Å²) in [5, 5.41) is 17.5. The molecule has 0 saturated carbocycles. The minimum Gasteiger partial charge on any atom is -0.334 e. The van der Waals surface area contributed by atoms with E-state index in [1.807, 2.05) is 38.2 Å². The van der Waals surface area contributed by atoms with Crippen LogP contribution in [0.25, 0.3) is 11.5 Å². The van der Waals surface area contributed by atoms with Crippen molar-refractivity contribution < 1.29 is 8.42 Å². The summed E-state index contributed by atoms with van der Waals surface area (Å²) >= 11 is 0. The molecule has 0 atom stereocenters. The van der Waals surface area contributed by atoms with Crippen molar-refractivity contribution in [2.75, 3.05) is 13.1 Å². The van der Waals surface area contributed by atoms with Crippen LogP contribution in [0.2, 0.25) is 0 Å². The second-order valence-corrected chi connectivity index (χ2v) is 9.79. The van der Waals surface area contributed by atoms with Gasteiger partial charge in [0.05, 0.1) is 6.33 Å². The van der Waals surface area contributed by atoms with Gasteiger partial charge in [0.15, 0.2) is 22.3 Å². The zero-order chi connectivity index (χ0) is 21.6. The molecule has 1 fully saturated rings. The van der Waals surface area contributed by atoms with Crippen LogP contribution in [0.4, 0.5) is 0 Å². The van der Waals surface area contributed by atoms with Gasteiger partial charge in [-0.25, -0.2) is 18.1 Å². The Balaban J connectivity index is 1.35. The Kier molecular flexibility index (Phi) is 4.82. The lowest BCUT2D eigenvalue weighted by molar-refractivity contribution is 0.310. The fourth-order valence-electron chi connectivity index (χ4n) is 3.80. The summed E-state index contributed by atoms with van der Waals surface area (Å²) in [4.78, 5) is 4.12. The molecule has 162 valence electrons. The first-order chi connectivity index (χ1) is 14.9. The van der Waals surface area contributed by atoms with E-state index in [-0.39, 0.29) is 17.0 Å². The number of rotatable bonds is 5. The zero-order valence-corrected chi connectivity index (χ0v) is 18.1. The molecular weight excluding hydrogens is 418 g/mol. The summed E-state index contributed by atoms with van der Waals surface area (Å²) in [5.41, 5.74) is 0.653. The van der Waals surface area contributed by atoms with Gasteiger partial charge in [-0.1, -0.05) is 0 Å². The van der Waals surface area contributed by atoms with E-state index in [1.165, 1.54) is 4.31 Å². The maximum absolute atomic E-state index is 13.0. The van der Waals surface area contributed by atoms with Crippen molar-refractivity contribution in [2.24, 2.45) is 0 Å². The van der Waals surface area contributed by atoms with Crippen LogP contribution in [0.3, 0.4) is 0 Å². The highest BCUT2D eigenvalue weighted by molar-refractivity contribution is 7.89. The van der Waals surface area contributed by atoms with Crippen molar-refractivity contribution in [3.63, 3.8) is 0 Å². The smallest absolute Gasteiger partial charge is 0.262 e. The Hall–Kier alpha value is -3.12. The van der Waals surface area contributed by atoms with Crippen LogP contribution in [-0.4, -0.2) is 65.0 Å². The van der Waals surface area contributed by atoms with Gasteiger partial charge in [-0.05, 0) is 44.9 Å². The summed E-state index contributed by atoms with van der Waals surface area (Å²) in [7, 11) is -3.61. The maximum Gasteiger partial charge on any atom is 0.262 e. The summed E-state index contributed by atoms with van der Waals surface area (Å²) in [5.74, 6) is 1.47. The molecule has 0 bridgehead atoms. The average molecular weight is 442 g/mol. The fraction of sp³-hybridized carbons (Fsp3) is 0.421. The number of piperidine rings is 1. The van der Waals surface area contributed by atoms with Gasteiger partial charge < -0.3 is 4.57 Å². The molecule has 1 saturated heterocycles. The van der Waals surface area contributed by atoms with Crippen LogP contribution in [0, 0.1) is 0 Å². The minimum atomic E-state index is -3.61. The van der Waals surface area contributed by atoms with Gasteiger partial charge in [0.1, 0.15) is 0 Å². The summed E-state index contributed by atoms with van der Waals surface area (Å²) in [6, 6.07) is 5.68. The second-order valence-electron chi connectivity index (χ2n) is 7.90. The van der Waals surface area contributed by atoms with Gasteiger partial charge >= 0.3 is 0 Å². The average Bonchev–Trinajstić information content (AvgIpc) is 3.54. The van der Waals surface area contributed by atoms with Gasteiger partial charge in [0.25, 0.3) is 10.0 Å². The summed E-state index contributed by atoms with van der Waals surface area (Å²) in [6.07, 6.45) is 7.95. The number of aromatic nitrogens is 8. The highest BCUT2D eigenvalue weighted by atomic mass is 32.2. The standard InChI is InChI=1S/C19H23N9O2S/c1-14(2)25-12-18(20-13-25)31(29,30)26-10-6-15(7-11-26)19-23-22-16-4-5-17(24-28(16)19)27-9-3-8-21-27/h3-5,8-9,12-15H,6-7,10-11H2,1-2H3. The highest BCUT2D eigenvalue weighted by Crippen LogP contribution is 2.29. The number of nitrogens with zero attached hydrogens (tertiary/aromatic N) is 9. The van der Waals surface area contributed by atoms with Gasteiger partial charge in [-0.15, -0.1) is 15.3 Å². The summed E-state index contributed by atoms with van der Waals surface area (Å²) in [6.45, 7) is 4.77. The number of imidazole rings is 1. The molecule has 1 aliphatic rings. The number of hydrogen-bond acceptors (Lipinski definition) is 7. The molecule has 0 aliphatic carbocycles. The van der Waals surface area contributed by atoms with Crippen molar-refractivity contribution in [3.05, 3.63) is 48.9 Å². The van der Waals surface area contributed by atoms with Crippen molar-refractivity contribution in [1.29, 1.82) is 0 Å². The quantitative estimate of drug-likeness (QED) is 0.462. The van der Waals surface area contributed by atoms with Gasteiger partial charge in [0.2, 0.25) is 0 Å². The molecule has 11 nitrogen and oxygen atoms in total. The fourth-order valence-corrected chi connectivity index (χ4v) is 5.19.